The maximum absolute atomic E-state index is 13.8. The van der Waals surface area contributed by atoms with Crippen molar-refractivity contribution < 1.29 is 17.9 Å². The molecule has 0 radical (unpaired) electrons. The Labute approximate surface area is 179 Å². The van der Waals surface area contributed by atoms with E-state index in [0.717, 1.165) is 16.9 Å². The molecule has 2 aromatic carbocycles. The zero-order valence-corrected chi connectivity index (χ0v) is 18.7. The summed E-state index contributed by atoms with van der Waals surface area (Å²) in [6.07, 6.45) is 0.927. The smallest absolute Gasteiger partial charge is 0.233 e. The topological polar surface area (TPSA) is 66.9 Å². The second kappa shape index (κ2) is 9.18. The Morgan fingerprint density at radius 3 is 2.27 bits per heavy atom. The van der Waals surface area contributed by atoms with Crippen molar-refractivity contribution in [2.45, 2.75) is 31.7 Å². The summed E-state index contributed by atoms with van der Waals surface area (Å²) >= 11 is 0. The molecule has 7 heteroatoms. The first kappa shape index (κ1) is 22.3. The third-order valence-corrected chi connectivity index (χ3v) is 7.90. The Bertz CT molecular complexity index is 968. The van der Waals surface area contributed by atoms with E-state index in [0.29, 0.717) is 32.5 Å². The number of hydrogen-bond donors (Lipinski definition) is 0. The normalized spacial score (nSPS) is 16.8. The molecule has 1 fully saturated rings. The van der Waals surface area contributed by atoms with E-state index in [-0.39, 0.29) is 11.7 Å². The molecule has 3 rings (SSSR count). The fourth-order valence-electron chi connectivity index (χ4n) is 4.24. The van der Waals surface area contributed by atoms with Gasteiger partial charge < -0.3 is 9.64 Å². The van der Waals surface area contributed by atoms with Crippen molar-refractivity contribution in [1.29, 1.82) is 0 Å². The predicted octanol–water partition coefficient (Wildman–Crippen LogP) is 3.04. The summed E-state index contributed by atoms with van der Waals surface area (Å²) in [6.45, 7) is 2.77. The Kier molecular flexibility index (Phi) is 6.83. The van der Waals surface area contributed by atoms with Crippen LogP contribution in [0.15, 0.2) is 54.6 Å². The van der Waals surface area contributed by atoms with E-state index < -0.39 is 15.4 Å². The molecule has 6 nitrogen and oxygen atoms in total. The highest BCUT2D eigenvalue weighted by atomic mass is 32.2. The molecule has 0 aliphatic carbocycles. The molecule has 0 atom stereocenters. The van der Waals surface area contributed by atoms with Crippen LogP contribution < -0.4 is 4.74 Å². The van der Waals surface area contributed by atoms with Crippen LogP contribution in [0.5, 0.6) is 5.75 Å². The van der Waals surface area contributed by atoms with Crippen LogP contribution in [0.1, 0.15) is 30.9 Å². The summed E-state index contributed by atoms with van der Waals surface area (Å²) in [6, 6.07) is 17.4. The van der Waals surface area contributed by atoms with Crippen LogP contribution in [0, 0.1) is 0 Å². The van der Waals surface area contributed by atoms with E-state index in [4.69, 9.17) is 4.74 Å². The third-order valence-electron chi connectivity index (χ3n) is 6.02. The lowest BCUT2D eigenvalue weighted by molar-refractivity contribution is -0.138. The number of hydrogen-bond acceptors (Lipinski definition) is 4. The summed E-state index contributed by atoms with van der Waals surface area (Å²) in [7, 11) is 0.156. The molecule has 1 aliphatic heterocycles. The number of benzene rings is 2. The first-order valence-electron chi connectivity index (χ1n) is 10.2. The van der Waals surface area contributed by atoms with Crippen LogP contribution in [-0.4, -0.2) is 56.5 Å². The van der Waals surface area contributed by atoms with Gasteiger partial charge in [0.1, 0.15) is 5.75 Å². The molecule has 1 aliphatic rings. The average molecular weight is 431 g/mol. The van der Waals surface area contributed by atoms with Crippen molar-refractivity contribution in [1.82, 2.24) is 9.21 Å². The maximum atomic E-state index is 13.8. The van der Waals surface area contributed by atoms with Gasteiger partial charge in [-0.2, -0.15) is 0 Å². The number of nitrogens with zero attached hydrogens (tertiary/aromatic N) is 2. The van der Waals surface area contributed by atoms with Gasteiger partial charge in [-0.25, -0.2) is 12.7 Å². The van der Waals surface area contributed by atoms with Gasteiger partial charge in [0.05, 0.1) is 18.3 Å². The zero-order valence-electron chi connectivity index (χ0n) is 17.9. The largest absolute Gasteiger partial charge is 0.496 e. The first-order chi connectivity index (χ1) is 14.3. The van der Waals surface area contributed by atoms with Crippen molar-refractivity contribution in [2.24, 2.45) is 0 Å². The van der Waals surface area contributed by atoms with E-state index in [1.165, 1.54) is 4.31 Å². The summed E-state index contributed by atoms with van der Waals surface area (Å²) in [4.78, 5) is 15.5. The molecule has 0 N–H and O–H groups in total. The van der Waals surface area contributed by atoms with Crippen LogP contribution in [-0.2, 0) is 26.8 Å². The number of carbonyl (C=O) groups is 1. The van der Waals surface area contributed by atoms with Crippen molar-refractivity contribution in [3.05, 3.63) is 65.7 Å². The monoisotopic (exact) mass is 430 g/mol. The number of carbonyl (C=O) groups excluding carboxylic acids is 1. The fourth-order valence-corrected chi connectivity index (χ4v) is 5.34. The zero-order chi connectivity index (χ0) is 21.8. The molecule has 30 heavy (non-hydrogen) atoms. The molecule has 162 valence electrons. The second-order valence-corrected chi connectivity index (χ2v) is 9.98. The van der Waals surface area contributed by atoms with Gasteiger partial charge in [-0.15, -0.1) is 0 Å². The standard InChI is InChI=1S/C23H30N2O4S/c1-4-30(27,28)25-16-14-23(15-17-25,20-11-6-5-7-12-20)22(26)24(2)18-19-10-8-9-13-21(19)29-3/h5-13H,4,14-18H2,1-3H3. The first-order valence-corrected chi connectivity index (χ1v) is 11.9. The van der Waals surface area contributed by atoms with Gasteiger partial charge >= 0.3 is 0 Å². The summed E-state index contributed by atoms with van der Waals surface area (Å²) in [5.41, 5.74) is 1.14. The number of piperidine rings is 1. The van der Waals surface area contributed by atoms with Crippen LogP contribution in [0.25, 0.3) is 0 Å². The molecule has 2 aromatic rings. The van der Waals surface area contributed by atoms with Crippen molar-refractivity contribution in [3.8, 4) is 5.75 Å². The van der Waals surface area contributed by atoms with Gasteiger partial charge in [0.25, 0.3) is 0 Å². The van der Waals surface area contributed by atoms with Crippen LogP contribution in [0.4, 0.5) is 0 Å². The Balaban J connectivity index is 1.89. The molecule has 0 saturated carbocycles. The average Bonchev–Trinajstić information content (AvgIpc) is 2.79. The van der Waals surface area contributed by atoms with Crippen LogP contribution in [0.2, 0.25) is 0 Å². The number of ether oxygens (including phenoxy) is 1. The highest BCUT2D eigenvalue weighted by molar-refractivity contribution is 7.89. The second-order valence-electron chi connectivity index (χ2n) is 7.72. The van der Waals surface area contributed by atoms with Crippen molar-refractivity contribution in [2.75, 3.05) is 33.0 Å². The SMILES string of the molecule is CCS(=O)(=O)N1CCC(C(=O)N(C)Cc2ccccc2OC)(c2ccccc2)CC1. The number of amides is 1. The van der Waals surface area contributed by atoms with E-state index in [9.17, 15) is 13.2 Å². The minimum absolute atomic E-state index is 0.00755. The van der Waals surface area contributed by atoms with Gasteiger partial charge in [0, 0.05) is 32.2 Å². The lowest BCUT2D eigenvalue weighted by Gasteiger charge is -2.42. The lowest BCUT2D eigenvalue weighted by atomic mass is 9.72. The van der Waals surface area contributed by atoms with Crippen LogP contribution in [0.3, 0.4) is 0 Å². The lowest BCUT2D eigenvalue weighted by Crippen LogP contribution is -2.53. The number of para-hydroxylation sites is 1. The van der Waals surface area contributed by atoms with E-state index >= 15 is 0 Å². The Hall–Kier alpha value is -2.38. The number of methoxy groups -OCH3 is 1. The van der Waals surface area contributed by atoms with Gasteiger partial charge in [0.2, 0.25) is 15.9 Å². The van der Waals surface area contributed by atoms with Gasteiger partial charge in [-0.05, 0) is 31.4 Å². The minimum Gasteiger partial charge on any atom is -0.496 e. The van der Waals surface area contributed by atoms with Crippen molar-refractivity contribution >= 4 is 15.9 Å². The Morgan fingerprint density at radius 2 is 1.67 bits per heavy atom. The Morgan fingerprint density at radius 1 is 1.07 bits per heavy atom. The third kappa shape index (κ3) is 4.37. The maximum Gasteiger partial charge on any atom is 0.233 e. The number of sulfonamides is 1. The quantitative estimate of drug-likeness (QED) is 0.677. The molecule has 0 aromatic heterocycles. The molecule has 1 saturated heterocycles. The summed E-state index contributed by atoms with van der Waals surface area (Å²) in [5.74, 6) is 0.829. The minimum atomic E-state index is -3.27. The van der Waals surface area contributed by atoms with Crippen LogP contribution >= 0.6 is 0 Å². The van der Waals surface area contributed by atoms with Crippen molar-refractivity contribution in [3.63, 3.8) is 0 Å². The molecular formula is C23H30N2O4S. The number of likely N-dealkylation sites (N-methyl/N-ethyl adjacent to an activating group) is 1. The fraction of sp³-hybridized carbons (Fsp3) is 0.435. The predicted molar refractivity (Wildman–Crippen MR) is 118 cm³/mol. The van der Waals surface area contributed by atoms with E-state index in [1.807, 2.05) is 54.6 Å². The molecular weight excluding hydrogens is 400 g/mol. The summed E-state index contributed by atoms with van der Waals surface area (Å²) in [5, 5.41) is 0. The van der Waals surface area contributed by atoms with Gasteiger partial charge in [-0.3, -0.25) is 4.79 Å². The molecule has 1 amide bonds. The molecule has 1 heterocycles. The van der Waals surface area contributed by atoms with E-state index in [2.05, 4.69) is 0 Å². The highest BCUT2D eigenvalue weighted by Gasteiger charge is 2.45. The van der Waals surface area contributed by atoms with Gasteiger partial charge in [-0.1, -0.05) is 48.5 Å². The molecule has 0 spiro atoms. The molecule has 0 unspecified atom stereocenters. The molecule has 0 bridgehead atoms. The highest BCUT2D eigenvalue weighted by Crippen LogP contribution is 2.38. The van der Waals surface area contributed by atoms with E-state index in [1.54, 1.807) is 26.0 Å². The summed E-state index contributed by atoms with van der Waals surface area (Å²) < 4.78 is 31.6. The van der Waals surface area contributed by atoms with Gasteiger partial charge in [0.15, 0.2) is 0 Å². The number of rotatable bonds is 7.